The number of rotatable bonds is 1. The van der Waals surface area contributed by atoms with Crippen LogP contribution in [-0.4, -0.2) is 15.0 Å². The Morgan fingerprint density at radius 2 is 1.94 bits per heavy atom. The summed E-state index contributed by atoms with van der Waals surface area (Å²) in [5.74, 6) is 0.317. The summed E-state index contributed by atoms with van der Waals surface area (Å²) in [6.07, 6.45) is 2.87. The Balaban J connectivity index is 2.41. The van der Waals surface area contributed by atoms with Gasteiger partial charge in [0.2, 0.25) is 5.43 Å². The number of hydrogen-bond donors (Lipinski definition) is 2. The van der Waals surface area contributed by atoms with Crippen LogP contribution < -0.4 is 11.2 Å². The Labute approximate surface area is 102 Å². The SMILES string of the molecule is Nc1[nH]c2ncncc2c(=O)c1-c1ccccc1. The van der Waals surface area contributed by atoms with Crippen LogP contribution >= 0.6 is 0 Å². The van der Waals surface area contributed by atoms with Crippen molar-refractivity contribution in [2.45, 2.75) is 0 Å². The minimum atomic E-state index is -0.159. The van der Waals surface area contributed by atoms with Gasteiger partial charge in [-0.25, -0.2) is 9.97 Å². The summed E-state index contributed by atoms with van der Waals surface area (Å²) in [4.78, 5) is 23.2. The van der Waals surface area contributed by atoms with E-state index in [1.807, 2.05) is 30.3 Å². The first kappa shape index (κ1) is 10.5. The third-order valence-corrected chi connectivity index (χ3v) is 2.77. The molecule has 3 rings (SSSR count). The smallest absolute Gasteiger partial charge is 0.202 e. The van der Waals surface area contributed by atoms with Crippen LogP contribution in [0.2, 0.25) is 0 Å². The minimum absolute atomic E-state index is 0.159. The van der Waals surface area contributed by atoms with Gasteiger partial charge in [-0.1, -0.05) is 30.3 Å². The van der Waals surface area contributed by atoms with Crippen molar-refractivity contribution in [3.05, 3.63) is 53.1 Å². The molecule has 0 aliphatic heterocycles. The maximum absolute atomic E-state index is 12.4. The number of nitrogen functional groups attached to an aromatic ring is 1. The number of aromatic amines is 1. The maximum atomic E-state index is 12.4. The molecule has 2 aromatic heterocycles. The van der Waals surface area contributed by atoms with Gasteiger partial charge in [-0.2, -0.15) is 0 Å². The monoisotopic (exact) mass is 238 g/mol. The molecule has 18 heavy (non-hydrogen) atoms. The quantitative estimate of drug-likeness (QED) is 0.673. The second kappa shape index (κ2) is 3.96. The second-order valence-electron chi connectivity index (χ2n) is 3.89. The average molecular weight is 238 g/mol. The largest absolute Gasteiger partial charge is 0.385 e. The van der Waals surface area contributed by atoms with E-state index in [-0.39, 0.29) is 5.43 Å². The zero-order chi connectivity index (χ0) is 12.5. The zero-order valence-electron chi connectivity index (χ0n) is 9.42. The molecule has 5 heteroatoms. The number of hydrogen-bond acceptors (Lipinski definition) is 4. The number of nitrogens with zero attached hydrogens (tertiary/aromatic N) is 2. The van der Waals surface area contributed by atoms with Crippen LogP contribution in [0, 0.1) is 0 Å². The van der Waals surface area contributed by atoms with E-state index in [1.165, 1.54) is 12.5 Å². The minimum Gasteiger partial charge on any atom is -0.385 e. The predicted molar refractivity (Wildman–Crippen MR) is 70.0 cm³/mol. The molecule has 0 atom stereocenters. The van der Waals surface area contributed by atoms with Crippen LogP contribution in [0.3, 0.4) is 0 Å². The molecule has 0 saturated carbocycles. The van der Waals surface area contributed by atoms with Gasteiger partial charge in [0.1, 0.15) is 17.8 Å². The van der Waals surface area contributed by atoms with Gasteiger partial charge in [0.05, 0.1) is 10.9 Å². The Hall–Kier alpha value is -2.69. The summed E-state index contributed by atoms with van der Waals surface area (Å²) < 4.78 is 0. The molecule has 5 nitrogen and oxygen atoms in total. The van der Waals surface area contributed by atoms with Gasteiger partial charge < -0.3 is 10.7 Å². The Morgan fingerprint density at radius 1 is 1.17 bits per heavy atom. The molecule has 3 aromatic rings. The standard InChI is InChI=1S/C13H10N4O/c14-12-10(8-4-2-1-3-5-8)11(18)9-6-15-7-16-13(9)17-12/h1-7H,(H3,14,15,16,17,18). The van der Waals surface area contributed by atoms with Crippen LogP contribution in [0.5, 0.6) is 0 Å². The fourth-order valence-electron chi connectivity index (χ4n) is 1.93. The molecule has 88 valence electrons. The molecular weight excluding hydrogens is 228 g/mol. The van der Waals surface area contributed by atoms with E-state index >= 15 is 0 Å². The molecule has 0 unspecified atom stereocenters. The van der Waals surface area contributed by atoms with E-state index in [2.05, 4.69) is 15.0 Å². The number of benzene rings is 1. The normalized spacial score (nSPS) is 10.7. The first-order valence-corrected chi connectivity index (χ1v) is 5.44. The van der Waals surface area contributed by atoms with E-state index in [9.17, 15) is 4.79 Å². The number of anilines is 1. The van der Waals surface area contributed by atoms with Crippen LogP contribution in [0.4, 0.5) is 5.82 Å². The highest BCUT2D eigenvalue weighted by Gasteiger charge is 2.12. The molecule has 0 bridgehead atoms. The first-order chi connectivity index (χ1) is 8.77. The van der Waals surface area contributed by atoms with Crippen LogP contribution in [0.15, 0.2) is 47.7 Å². The Kier molecular flexibility index (Phi) is 2.30. The topological polar surface area (TPSA) is 84.7 Å². The van der Waals surface area contributed by atoms with Crippen molar-refractivity contribution in [2.24, 2.45) is 0 Å². The average Bonchev–Trinajstić information content (AvgIpc) is 2.40. The summed E-state index contributed by atoms with van der Waals surface area (Å²) >= 11 is 0. The van der Waals surface area contributed by atoms with E-state index in [4.69, 9.17) is 5.73 Å². The second-order valence-corrected chi connectivity index (χ2v) is 3.89. The van der Waals surface area contributed by atoms with Crippen molar-refractivity contribution in [1.29, 1.82) is 0 Å². The fourth-order valence-corrected chi connectivity index (χ4v) is 1.93. The number of H-pyrrole nitrogens is 1. The van der Waals surface area contributed by atoms with Gasteiger partial charge in [0.25, 0.3) is 0 Å². The molecule has 0 radical (unpaired) electrons. The van der Waals surface area contributed by atoms with Crippen molar-refractivity contribution < 1.29 is 0 Å². The molecule has 0 amide bonds. The molecule has 0 spiro atoms. The molecule has 0 fully saturated rings. The lowest BCUT2D eigenvalue weighted by Gasteiger charge is -2.06. The van der Waals surface area contributed by atoms with Gasteiger partial charge in [0, 0.05) is 6.20 Å². The van der Waals surface area contributed by atoms with Crippen LogP contribution in [-0.2, 0) is 0 Å². The van der Waals surface area contributed by atoms with E-state index < -0.39 is 0 Å². The molecule has 0 saturated heterocycles. The predicted octanol–water partition coefficient (Wildman–Crippen LogP) is 1.57. The molecule has 2 heterocycles. The third-order valence-electron chi connectivity index (χ3n) is 2.77. The number of fused-ring (bicyclic) bond motifs is 1. The third kappa shape index (κ3) is 1.53. The summed E-state index contributed by atoms with van der Waals surface area (Å²) in [5.41, 5.74) is 7.43. The lowest BCUT2D eigenvalue weighted by Crippen LogP contribution is -2.11. The maximum Gasteiger partial charge on any atom is 0.202 e. The number of nitrogens with one attached hydrogen (secondary N) is 1. The molecule has 0 aliphatic rings. The van der Waals surface area contributed by atoms with E-state index in [1.54, 1.807) is 0 Å². The molecule has 1 aromatic carbocycles. The van der Waals surface area contributed by atoms with Crippen molar-refractivity contribution in [3.8, 4) is 11.1 Å². The van der Waals surface area contributed by atoms with E-state index in [0.717, 1.165) is 5.56 Å². The van der Waals surface area contributed by atoms with E-state index in [0.29, 0.717) is 22.4 Å². The van der Waals surface area contributed by atoms with Crippen molar-refractivity contribution in [3.63, 3.8) is 0 Å². The lowest BCUT2D eigenvalue weighted by atomic mass is 10.1. The first-order valence-electron chi connectivity index (χ1n) is 5.44. The Morgan fingerprint density at radius 3 is 2.72 bits per heavy atom. The highest BCUT2D eigenvalue weighted by Crippen LogP contribution is 2.22. The number of nitrogens with two attached hydrogens (primary N) is 1. The summed E-state index contributed by atoms with van der Waals surface area (Å²) in [5, 5.41) is 0.436. The number of aromatic nitrogens is 3. The highest BCUT2D eigenvalue weighted by molar-refractivity contribution is 5.85. The van der Waals surface area contributed by atoms with Crippen molar-refractivity contribution >= 4 is 16.9 Å². The number of pyridine rings is 1. The van der Waals surface area contributed by atoms with Gasteiger partial charge >= 0.3 is 0 Å². The Bertz CT molecular complexity index is 765. The van der Waals surface area contributed by atoms with Gasteiger partial charge in [-0.05, 0) is 5.56 Å². The molecule has 3 N–H and O–H groups in total. The lowest BCUT2D eigenvalue weighted by molar-refractivity contribution is 1.18. The summed E-state index contributed by atoms with van der Waals surface area (Å²) in [7, 11) is 0. The van der Waals surface area contributed by atoms with Crippen molar-refractivity contribution in [2.75, 3.05) is 5.73 Å². The van der Waals surface area contributed by atoms with Gasteiger partial charge in [0.15, 0.2) is 0 Å². The molecular formula is C13H10N4O. The highest BCUT2D eigenvalue weighted by atomic mass is 16.1. The summed E-state index contributed by atoms with van der Waals surface area (Å²) in [6.45, 7) is 0. The van der Waals surface area contributed by atoms with Gasteiger partial charge in [-0.15, -0.1) is 0 Å². The molecule has 0 aliphatic carbocycles. The van der Waals surface area contributed by atoms with Gasteiger partial charge in [-0.3, -0.25) is 4.79 Å². The van der Waals surface area contributed by atoms with Crippen LogP contribution in [0.25, 0.3) is 22.2 Å². The summed E-state index contributed by atoms with van der Waals surface area (Å²) in [6, 6.07) is 9.30. The fraction of sp³-hybridized carbons (Fsp3) is 0. The zero-order valence-corrected chi connectivity index (χ0v) is 9.42. The van der Waals surface area contributed by atoms with Crippen LogP contribution in [0.1, 0.15) is 0 Å². The van der Waals surface area contributed by atoms with Crippen molar-refractivity contribution in [1.82, 2.24) is 15.0 Å².